The van der Waals surface area contributed by atoms with Crippen LogP contribution >= 0.6 is 23.1 Å². The van der Waals surface area contributed by atoms with Crippen molar-refractivity contribution < 1.29 is 9.72 Å². The number of amides is 1. The van der Waals surface area contributed by atoms with Crippen LogP contribution in [0, 0.1) is 10.1 Å². The molecule has 2 aromatic rings. The lowest BCUT2D eigenvalue weighted by molar-refractivity contribution is -0.384. The topological polar surface area (TPSA) is 88.7 Å². The highest BCUT2D eigenvalue weighted by Gasteiger charge is 2.38. The Balaban J connectivity index is 1.65. The third-order valence-electron chi connectivity index (χ3n) is 4.79. The van der Waals surface area contributed by atoms with Crippen molar-refractivity contribution in [1.82, 2.24) is 9.88 Å². The Labute approximate surface area is 170 Å². The third-order valence-corrected chi connectivity index (χ3v) is 6.44. The Hall–Kier alpha value is -2.52. The van der Waals surface area contributed by atoms with E-state index in [4.69, 9.17) is 0 Å². The molecule has 28 heavy (non-hydrogen) atoms. The van der Waals surface area contributed by atoms with Gasteiger partial charge in [-0.05, 0) is 48.4 Å². The van der Waals surface area contributed by atoms with Gasteiger partial charge < -0.3 is 0 Å². The molecular weight excluding hydrogens is 396 g/mol. The minimum atomic E-state index is -0.435. The Morgan fingerprint density at radius 3 is 2.61 bits per heavy atom. The van der Waals surface area contributed by atoms with E-state index in [9.17, 15) is 14.9 Å². The van der Waals surface area contributed by atoms with Crippen LogP contribution in [0.15, 0.2) is 45.7 Å². The quantitative estimate of drug-likeness (QED) is 0.399. The van der Waals surface area contributed by atoms with E-state index in [2.05, 4.69) is 9.98 Å². The summed E-state index contributed by atoms with van der Waals surface area (Å²) in [5.74, 6) is -0.0504. The largest absolute Gasteiger partial charge is 0.283 e. The second-order valence-corrected chi connectivity index (χ2v) is 8.52. The number of thiazole rings is 1. The Bertz CT molecular complexity index is 933. The summed E-state index contributed by atoms with van der Waals surface area (Å²) in [6.45, 7) is 0. The summed E-state index contributed by atoms with van der Waals surface area (Å²) in [5, 5.41) is 14.0. The number of aromatic nitrogens is 1. The first-order valence-corrected chi connectivity index (χ1v) is 10.8. The fourth-order valence-corrected chi connectivity index (χ4v) is 5.02. The van der Waals surface area contributed by atoms with Gasteiger partial charge in [-0.2, -0.15) is 4.99 Å². The van der Waals surface area contributed by atoms with Gasteiger partial charge in [-0.25, -0.2) is 4.98 Å². The zero-order valence-corrected chi connectivity index (χ0v) is 16.6. The first-order chi connectivity index (χ1) is 13.6. The molecule has 1 aliphatic heterocycles. The van der Waals surface area contributed by atoms with E-state index < -0.39 is 4.92 Å². The van der Waals surface area contributed by atoms with Crippen LogP contribution in [0.25, 0.3) is 6.08 Å². The fraction of sp³-hybridized carbons (Fsp3) is 0.316. The summed E-state index contributed by atoms with van der Waals surface area (Å²) in [7, 11) is 0. The normalized spacial score (nSPS) is 21.0. The summed E-state index contributed by atoms with van der Waals surface area (Å²) in [4.78, 5) is 34.8. The Kier molecular flexibility index (Phi) is 5.54. The standard InChI is InChI=1S/C19H18N4O3S2/c24-17-16(12-13-6-8-15(9-7-13)23(25)26)28-19(21-18-20-10-11-27-18)22(17)14-4-2-1-3-5-14/h6-12,14H,1-5H2/b16-12-,21-19+. The van der Waals surface area contributed by atoms with Crippen LogP contribution in [0.1, 0.15) is 37.7 Å². The molecule has 1 saturated carbocycles. The summed E-state index contributed by atoms with van der Waals surface area (Å²) in [6, 6.07) is 6.36. The van der Waals surface area contributed by atoms with Gasteiger partial charge in [-0.15, -0.1) is 11.3 Å². The van der Waals surface area contributed by atoms with Gasteiger partial charge in [0.05, 0.1) is 9.83 Å². The number of nitrogens with zero attached hydrogens (tertiary/aromatic N) is 4. The number of hydrogen-bond acceptors (Lipinski definition) is 7. The zero-order valence-electron chi connectivity index (χ0n) is 15.0. The van der Waals surface area contributed by atoms with Crippen LogP contribution < -0.4 is 0 Å². The maximum Gasteiger partial charge on any atom is 0.269 e. The molecule has 4 rings (SSSR count). The summed E-state index contributed by atoms with van der Waals surface area (Å²) < 4.78 is 0. The molecule has 0 N–H and O–H groups in total. The molecule has 2 aliphatic rings. The van der Waals surface area contributed by atoms with Crippen LogP contribution in [0.3, 0.4) is 0 Å². The Morgan fingerprint density at radius 2 is 1.96 bits per heavy atom. The van der Waals surface area contributed by atoms with Crippen molar-refractivity contribution in [3.63, 3.8) is 0 Å². The molecule has 0 spiro atoms. The van der Waals surface area contributed by atoms with Crippen molar-refractivity contribution in [3.8, 4) is 0 Å². The van der Waals surface area contributed by atoms with Gasteiger partial charge in [-0.3, -0.25) is 19.8 Å². The highest BCUT2D eigenvalue weighted by atomic mass is 32.2. The van der Waals surface area contributed by atoms with E-state index in [-0.39, 0.29) is 17.6 Å². The number of amidine groups is 1. The predicted octanol–water partition coefficient (Wildman–Crippen LogP) is 4.99. The molecule has 2 heterocycles. The van der Waals surface area contributed by atoms with Gasteiger partial charge in [0.2, 0.25) is 5.13 Å². The van der Waals surface area contributed by atoms with E-state index in [0.717, 1.165) is 31.2 Å². The summed E-state index contributed by atoms with van der Waals surface area (Å²) >= 11 is 2.78. The molecule has 0 radical (unpaired) electrons. The molecule has 1 aromatic heterocycles. The van der Waals surface area contributed by atoms with E-state index in [1.807, 2.05) is 10.3 Å². The van der Waals surface area contributed by atoms with E-state index in [0.29, 0.717) is 15.2 Å². The number of carbonyl (C=O) groups excluding carboxylic acids is 1. The van der Waals surface area contributed by atoms with Crippen LogP contribution in [-0.4, -0.2) is 31.9 Å². The van der Waals surface area contributed by atoms with Crippen molar-refractivity contribution >= 4 is 51.1 Å². The molecule has 144 valence electrons. The van der Waals surface area contributed by atoms with Gasteiger partial charge in [-0.1, -0.05) is 19.3 Å². The predicted molar refractivity (Wildman–Crippen MR) is 112 cm³/mol. The molecule has 9 heteroatoms. The lowest BCUT2D eigenvalue weighted by Crippen LogP contribution is -2.40. The second kappa shape index (κ2) is 8.24. The fourth-order valence-electron chi connectivity index (χ4n) is 3.42. The molecule has 1 aromatic carbocycles. The number of thioether (sulfide) groups is 1. The second-order valence-electron chi connectivity index (χ2n) is 6.64. The van der Waals surface area contributed by atoms with Gasteiger partial charge in [0.15, 0.2) is 5.17 Å². The number of nitro groups is 1. The number of nitro benzene ring substituents is 1. The monoisotopic (exact) mass is 414 g/mol. The highest BCUT2D eigenvalue weighted by molar-refractivity contribution is 8.18. The number of non-ortho nitro benzene ring substituents is 1. The molecule has 0 unspecified atom stereocenters. The lowest BCUT2D eigenvalue weighted by atomic mass is 9.94. The molecule has 7 nitrogen and oxygen atoms in total. The molecule has 1 saturated heterocycles. The van der Waals surface area contributed by atoms with Crippen molar-refractivity contribution in [2.75, 3.05) is 0 Å². The minimum absolute atomic E-state index is 0.0300. The van der Waals surface area contributed by atoms with E-state index >= 15 is 0 Å². The third kappa shape index (κ3) is 4.00. The van der Waals surface area contributed by atoms with Crippen LogP contribution in [0.2, 0.25) is 0 Å². The first-order valence-electron chi connectivity index (χ1n) is 9.07. The molecule has 2 fully saturated rings. The zero-order chi connectivity index (χ0) is 19.5. The van der Waals surface area contributed by atoms with Crippen molar-refractivity contribution in [3.05, 3.63) is 56.4 Å². The number of rotatable bonds is 4. The first kappa shape index (κ1) is 18.8. The highest BCUT2D eigenvalue weighted by Crippen LogP contribution is 2.38. The van der Waals surface area contributed by atoms with E-state index in [1.165, 1.54) is 41.7 Å². The van der Waals surface area contributed by atoms with Crippen molar-refractivity contribution in [2.24, 2.45) is 4.99 Å². The minimum Gasteiger partial charge on any atom is -0.283 e. The number of aliphatic imine (C=N–C) groups is 1. The van der Waals surface area contributed by atoms with Crippen LogP contribution in [-0.2, 0) is 4.79 Å². The van der Waals surface area contributed by atoms with E-state index in [1.54, 1.807) is 24.4 Å². The van der Waals surface area contributed by atoms with Crippen LogP contribution in [0.5, 0.6) is 0 Å². The number of benzene rings is 1. The van der Waals surface area contributed by atoms with Gasteiger partial charge in [0.1, 0.15) is 0 Å². The van der Waals surface area contributed by atoms with Gasteiger partial charge in [0.25, 0.3) is 11.6 Å². The van der Waals surface area contributed by atoms with Gasteiger partial charge in [0, 0.05) is 29.8 Å². The van der Waals surface area contributed by atoms with Crippen LogP contribution in [0.4, 0.5) is 10.8 Å². The maximum absolute atomic E-state index is 13.2. The average molecular weight is 415 g/mol. The summed E-state index contributed by atoms with van der Waals surface area (Å²) in [5.41, 5.74) is 0.781. The van der Waals surface area contributed by atoms with Crippen molar-refractivity contribution in [1.29, 1.82) is 0 Å². The van der Waals surface area contributed by atoms with Crippen molar-refractivity contribution in [2.45, 2.75) is 38.1 Å². The number of hydrogen-bond donors (Lipinski definition) is 0. The molecule has 1 aliphatic carbocycles. The Morgan fingerprint density at radius 1 is 1.21 bits per heavy atom. The smallest absolute Gasteiger partial charge is 0.269 e. The lowest BCUT2D eigenvalue weighted by Gasteiger charge is -2.30. The maximum atomic E-state index is 13.2. The SMILES string of the molecule is O=C1/C(=C/c2ccc([N+](=O)[O-])cc2)S/C(=N/c2nccs2)N1C1CCCCC1. The molecule has 0 atom stereocenters. The molecule has 1 amide bonds. The molecular formula is C19H18N4O3S2. The number of carbonyl (C=O) groups is 1. The van der Waals surface area contributed by atoms with Gasteiger partial charge >= 0.3 is 0 Å². The molecule has 0 bridgehead atoms. The average Bonchev–Trinajstić information content (AvgIpc) is 3.31. The summed E-state index contributed by atoms with van der Waals surface area (Å²) in [6.07, 6.45) is 8.87.